The van der Waals surface area contributed by atoms with Gasteiger partial charge >= 0.3 is 0 Å². The molecule has 1 aliphatic heterocycles. The van der Waals surface area contributed by atoms with Crippen LogP contribution in [-0.4, -0.2) is 45.0 Å². The SMILES string of the molecule is Cc1nc(N2CC[C@](NC(=O)c3ccsc3)(c3ccccc3)[C@H](O)C2)n(C)n1. The topological polar surface area (TPSA) is 83.3 Å². The van der Waals surface area contributed by atoms with Crippen molar-refractivity contribution in [3.63, 3.8) is 0 Å². The molecule has 0 unspecified atom stereocenters. The van der Waals surface area contributed by atoms with Gasteiger partial charge in [0.1, 0.15) is 5.82 Å². The average molecular weight is 398 g/mol. The molecule has 1 saturated heterocycles. The van der Waals surface area contributed by atoms with E-state index in [0.29, 0.717) is 30.9 Å². The van der Waals surface area contributed by atoms with E-state index in [2.05, 4.69) is 15.4 Å². The summed E-state index contributed by atoms with van der Waals surface area (Å²) in [5.74, 6) is 1.24. The third kappa shape index (κ3) is 3.29. The van der Waals surface area contributed by atoms with Crippen LogP contribution in [0.25, 0.3) is 0 Å². The fraction of sp³-hybridized carbons (Fsp3) is 0.350. The van der Waals surface area contributed by atoms with Crippen molar-refractivity contribution >= 4 is 23.2 Å². The van der Waals surface area contributed by atoms with Crippen LogP contribution in [-0.2, 0) is 12.6 Å². The first-order valence-corrected chi connectivity index (χ1v) is 10.1. The molecule has 3 aromatic rings. The molecule has 0 spiro atoms. The van der Waals surface area contributed by atoms with Gasteiger partial charge in [-0.25, -0.2) is 4.68 Å². The van der Waals surface area contributed by atoms with Gasteiger partial charge in [-0.15, -0.1) is 0 Å². The summed E-state index contributed by atoms with van der Waals surface area (Å²) in [7, 11) is 1.85. The standard InChI is InChI=1S/C20H23N5O2S/c1-14-21-19(24(2)23-14)25-10-9-20(17(26)12-25,16-6-4-3-5-7-16)22-18(27)15-8-11-28-13-15/h3-8,11,13,17,26H,9-10,12H2,1-2H3,(H,22,27)/t17-,20+/m1/s1. The number of carbonyl (C=O) groups is 1. The van der Waals surface area contributed by atoms with Crippen molar-refractivity contribution in [2.75, 3.05) is 18.0 Å². The van der Waals surface area contributed by atoms with Gasteiger partial charge in [0, 0.05) is 25.5 Å². The molecule has 2 N–H and O–H groups in total. The van der Waals surface area contributed by atoms with E-state index in [1.807, 2.05) is 60.0 Å². The van der Waals surface area contributed by atoms with Gasteiger partial charge in [-0.3, -0.25) is 4.79 Å². The fourth-order valence-electron chi connectivity index (χ4n) is 3.85. The van der Waals surface area contributed by atoms with Crippen molar-refractivity contribution in [3.8, 4) is 0 Å². The molecule has 0 saturated carbocycles. The number of thiophene rings is 1. The van der Waals surface area contributed by atoms with Gasteiger partial charge in [0.05, 0.1) is 17.2 Å². The number of carbonyl (C=O) groups excluding carboxylic acids is 1. The molecule has 0 aliphatic carbocycles. The maximum absolute atomic E-state index is 12.9. The highest BCUT2D eigenvalue weighted by atomic mass is 32.1. The Morgan fingerprint density at radius 1 is 1.32 bits per heavy atom. The van der Waals surface area contributed by atoms with E-state index in [-0.39, 0.29) is 5.91 Å². The van der Waals surface area contributed by atoms with Gasteiger partial charge in [-0.05, 0) is 30.4 Å². The zero-order chi connectivity index (χ0) is 19.7. The number of hydrogen-bond acceptors (Lipinski definition) is 6. The number of benzene rings is 1. The van der Waals surface area contributed by atoms with Crippen LogP contribution < -0.4 is 10.2 Å². The summed E-state index contributed by atoms with van der Waals surface area (Å²) in [5.41, 5.74) is 0.656. The molecule has 7 nitrogen and oxygen atoms in total. The van der Waals surface area contributed by atoms with E-state index in [1.54, 1.807) is 10.7 Å². The zero-order valence-corrected chi connectivity index (χ0v) is 16.7. The number of amides is 1. The third-order valence-electron chi connectivity index (χ3n) is 5.28. The van der Waals surface area contributed by atoms with E-state index in [0.717, 1.165) is 11.5 Å². The molecule has 1 fully saturated rings. The summed E-state index contributed by atoms with van der Waals surface area (Å²) >= 11 is 1.48. The Balaban J connectivity index is 1.65. The predicted octanol–water partition coefficient (Wildman–Crippen LogP) is 2.08. The summed E-state index contributed by atoms with van der Waals surface area (Å²) in [6.45, 7) is 2.84. The highest BCUT2D eigenvalue weighted by molar-refractivity contribution is 7.08. The van der Waals surface area contributed by atoms with Crippen molar-refractivity contribution in [1.82, 2.24) is 20.1 Å². The summed E-state index contributed by atoms with van der Waals surface area (Å²) < 4.78 is 1.72. The monoisotopic (exact) mass is 397 g/mol. The van der Waals surface area contributed by atoms with Crippen LogP contribution in [0, 0.1) is 6.92 Å². The second-order valence-corrected chi connectivity index (χ2v) is 7.88. The number of anilines is 1. The van der Waals surface area contributed by atoms with Crippen LogP contribution >= 0.6 is 11.3 Å². The number of rotatable bonds is 4. The number of piperidine rings is 1. The third-order valence-corrected chi connectivity index (χ3v) is 5.96. The van der Waals surface area contributed by atoms with Crippen molar-refractivity contribution in [2.45, 2.75) is 25.0 Å². The maximum atomic E-state index is 12.9. The number of aromatic nitrogens is 3. The molecular formula is C20H23N5O2S. The van der Waals surface area contributed by atoms with E-state index < -0.39 is 11.6 Å². The molecule has 2 aromatic heterocycles. The summed E-state index contributed by atoms with van der Waals surface area (Å²) in [5, 5.41) is 22.4. The Morgan fingerprint density at radius 3 is 2.71 bits per heavy atom. The number of hydrogen-bond donors (Lipinski definition) is 2. The zero-order valence-electron chi connectivity index (χ0n) is 15.9. The smallest absolute Gasteiger partial charge is 0.252 e. The van der Waals surface area contributed by atoms with Crippen LogP contribution in [0.2, 0.25) is 0 Å². The number of aliphatic hydroxyl groups excluding tert-OH is 1. The lowest BCUT2D eigenvalue weighted by Crippen LogP contribution is -2.62. The normalized spacial score (nSPS) is 22.2. The highest BCUT2D eigenvalue weighted by Crippen LogP contribution is 2.35. The molecule has 3 heterocycles. The number of β-amino-alcohol motifs (C(OH)–C–C–N with tert-alkyl or cyclic N) is 1. The molecule has 0 bridgehead atoms. The quantitative estimate of drug-likeness (QED) is 0.704. The lowest BCUT2D eigenvalue weighted by molar-refractivity contribution is 0.0361. The molecule has 1 amide bonds. The van der Waals surface area contributed by atoms with E-state index in [1.165, 1.54) is 11.3 Å². The minimum atomic E-state index is -0.857. The van der Waals surface area contributed by atoms with Gasteiger partial charge in [0.25, 0.3) is 5.91 Å². The Labute approximate surface area is 167 Å². The second kappa shape index (κ2) is 7.37. The van der Waals surface area contributed by atoms with Crippen LogP contribution in [0.15, 0.2) is 47.2 Å². The van der Waals surface area contributed by atoms with Crippen molar-refractivity contribution < 1.29 is 9.90 Å². The number of aliphatic hydroxyl groups is 1. The highest BCUT2D eigenvalue weighted by Gasteiger charge is 2.45. The average Bonchev–Trinajstić information content (AvgIpc) is 3.34. The van der Waals surface area contributed by atoms with Gasteiger partial charge in [-0.1, -0.05) is 30.3 Å². The first-order chi connectivity index (χ1) is 13.5. The summed E-state index contributed by atoms with van der Waals surface area (Å²) in [6.07, 6.45) is -0.247. The molecule has 0 radical (unpaired) electrons. The van der Waals surface area contributed by atoms with Gasteiger partial charge in [0.15, 0.2) is 0 Å². The van der Waals surface area contributed by atoms with Crippen molar-refractivity contribution in [2.24, 2.45) is 7.05 Å². The van der Waals surface area contributed by atoms with Gasteiger partial charge < -0.3 is 15.3 Å². The van der Waals surface area contributed by atoms with Gasteiger partial charge in [-0.2, -0.15) is 21.4 Å². The number of nitrogens with one attached hydrogen (secondary N) is 1. The largest absolute Gasteiger partial charge is 0.388 e. The minimum absolute atomic E-state index is 0.174. The molecule has 28 heavy (non-hydrogen) atoms. The van der Waals surface area contributed by atoms with E-state index in [9.17, 15) is 9.90 Å². The van der Waals surface area contributed by atoms with Crippen molar-refractivity contribution in [3.05, 3.63) is 64.1 Å². The second-order valence-electron chi connectivity index (χ2n) is 7.10. The van der Waals surface area contributed by atoms with Crippen LogP contribution in [0.1, 0.15) is 28.2 Å². The molecule has 146 valence electrons. The number of nitrogens with zero attached hydrogens (tertiary/aromatic N) is 4. The molecule has 1 aromatic carbocycles. The minimum Gasteiger partial charge on any atom is -0.388 e. The fourth-order valence-corrected chi connectivity index (χ4v) is 4.49. The maximum Gasteiger partial charge on any atom is 0.252 e. The van der Waals surface area contributed by atoms with E-state index in [4.69, 9.17) is 0 Å². The Kier molecular flexibility index (Phi) is 4.91. The van der Waals surface area contributed by atoms with Crippen LogP contribution in [0.4, 0.5) is 5.95 Å². The van der Waals surface area contributed by atoms with Crippen molar-refractivity contribution in [1.29, 1.82) is 0 Å². The van der Waals surface area contributed by atoms with Gasteiger partial charge in [0.2, 0.25) is 5.95 Å². The van der Waals surface area contributed by atoms with Crippen LogP contribution in [0.5, 0.6) is 0 Å². The Hall–Kier alpha value is -2.71. The lowest BCUT2D eigenvalue weighted by atomic mass is 9.78. The summed E-state index contributed by atoms with van der Waals surface area (Å²) in [4.78, 5) is 19.3. The Morgan fingerprint density at radius 2 is 2.11 bits per heavy atom. The molecule has 1 aliphatic rings. The summed E-state index contributed by atoms with van der Waals surface area (Å²) in [6, 6.07) is 11.5. The van der Waals surface area contributed by atoms with Crippen LogP contribution in [0.3, 0.4) is 0 Å². The predicted molar refractivity (Wildman–Crippen MR) is 108 cm³/mol. The van der Waals surface area contributed by atoms with E-state index >= 15 is 0 Å². The lowest BCUT2D eigenvalue weighted by Gasteiger charge is -2.46. The Bertz CT molecular complexity index is 956. The first kappa shape index (κ1) is 18.6. The molecule has 8 heteroatoms. The molecular weight excluding hydrogens is 374 g/mol. The molecule has 4 rings (SSSR count). The number of aryl methyl sites for hydroxylation is 2. The molecule has 2 atom stereocenters. The first-order valence-electron chi connectivity index (χ1n) is 9.20.